The minimum atomic E-state index is -0.277. The van der Waals surface area contributed by atoms with Crippen molar-refractivity contribution in [2.75, 3.05) is 5.73 Å². The van der Waals surface area contributed by atoms with Gasteiger partial charge in [0.25, 0.3) is 11.5 Å². The molecule has 92 valence electrons. The molecule has 2 aromatic heterocycles. The smallest absolute Gasteiger partial charge is 0.263 e. The number of nitrogens with one attached hydrogen (secondary N) is 2. The second-order valence-electron chi connectivity index (χ2n) is 3.26. The highest BCUT2D eigenvalue weighted by atomic mass is 16.1. The van der Waals surface area contributed by atoms with Crippen LogP contribution in [0.1, 0.15) is 6.42 Å². The Morgan fingerprint density at radius 3 is 2.78 bits per heavy atom. The van der Waals surface area contributed by atoms with Crippen LogP contribution in [0.2, 0.25) is 0 Å². The molecule has 1 aliphatic rings. The van der Waals surface area contributed by atoms with Crippen LogP contribution in [0.4, 0.5) is 5.95 Å². The number of aromatic amines is 2. The first-order valence-electron chi connectivity index (χ1n) is 4.92. The molecule has 0 atom stereocenters. The molecule has 0 fully saturated rings. The molecule has 9 heteroatoms. The third-order valence-corrected chi connectivity index (χ3v) is 1.98. The Morgan fingerprint density at radius 2 is 2.17 bits per heavy atom. The molecule has 0 radical (unpaired) electrons. The molecule has 3 rings (SSSR count). The van der Waals surface area contributed by atoms with Crippen LogP contribution in [0.15, 0.2) is 21.0 Å². The number of carbonyl (C=O) groups excluding carboxylic acids is 1. The quantitative estimate of drug-likeness (QED) is 0.561. The fourth-order valence-electron chi connectivity index (χ4n) is 1.19. The van der Waals surface area contributed by atoms with Crippen LogP contribution in [0.5, 0.6) is 0 Å². The first-order valence-corrected chi connectivity index (χ1v) is 4.92. The van der Waals surface area contributed by atoms with Crippen LogP contribution in [0.25, 0.3) is 11.0 Å². The maximum absolute atomic E-state index is 11.0. The van der Waals surface area contributed by atoms with E-state index in [-0.39, 0.29) is 17.4 Å². The van der Waals surface area contributed by atoms with Gasteiger partial charge >= 0.3 is 0 Å². The fraction of sp³-hybridized carbons (Fsp3) is 0.111. The zero-order valence-corrected chi connectivity index (χ0v) is 9.12. The van der Waals surface area contributed by atoms with Crippen LogP contribution < -0.4 is 11.3 Å². The minimum Gasteiger partial charge on any atom is -0.369 e. The molecular formula is C9H9N7O2. The van der Waals surface area contributed by atoms with Gasteiger partial charge in [0, 0.05) is 6.21 Å². The van der Waals surface area contributed by atoms with E-state index in [0.29, 0.717) is 17.5 Å². The molecule has 0 unspecified atom stereocenters. The number of aromatic nitrogens is 4. The van der Waals surface area contributed by atoms with Gasteiger partial charge in [-0.3, -0.25) is 19.7 Å². The Bertz CT molecular complexity index is 682. The van der Waals surface area contributed by atoms with Crippen LogP contribution in [0.3, 0.4) is 0 Å². The summed E-state index contributed by atoms with van der Waals surface area (Å²) in [6.07, 6.45) is 4.55. The SMILES string of the molecule is Nc1nc2[nH]ncc2c(=O)[nH]1.O=C1CC=NC=N1. The molecule has 0 saturated heterocycles. The van der Waals surface area contributed by atoms with E-state index >= 15 is 0 Å². The summed E-state index contributed by atoms with van der Waals surface area (Å²) in [5.74, 6) is -0.0262. The molecule has 1 amide bonds. The first kappa shape index (κ1) is 11.6. The van der Waals surface area contributed by atoms with Crippen LogP contribution in [-0.2, 0) is 4.79 Å². The molecule has 0 saturated carbocycles. The summed E-state index contributed by atoms with van der Waals surface area (Å²) >= 11 is 0. The molecule has 3 heterocycles. The van der Waals surface area contributed by atoms with E-state index in [1.165, 1.54) is 18.7 Å². The van der Waals surface area contributed by atoms with Crippen molar-refractivity contribution in [2.24, 2.45) is 9.98 Å². The molecule has 0 bridgehead atoms. The van der Waals surface area contributed by atoms with Crippen molar-refractivity contribution in [3.05, 3.63) is 16.6 Å². The maximum Gasteiger partial charge on any atom is 0.263 e. The van der Waals surface area contributed by atoms with Gasteiger partial charge < -0.3 is 5.73 Å². The number of amides is 1. The van der Waals surface area contributed by atoms with Gasteiger partial charge in [-0.1, -0.05) is 0 Å². The number of carbonyl (C=O) groups is 1. The largest absolute Gasteiger partial charge is 0.369 e. The highest BCUT2D eigenvalue weighted by molar-refractivity contribution is 5.99. The molecule has 0 spiro atoms. The molecule has 4 N–H and O–H groups in total. The fourth-order valence-corrected chi connectivity index (χ4v) is 1.19. The van der Waals surface area contributed by atoms with Crippen molar-refractivity contribution < 1.29 is 4.79 Å². The number of nitrogens with two attached hydrogens (primary N) is 1. The molecule has 0 aliphatic carbocycles. The lowest BCUT2D eigenvalue weighted by Gasteiger charge is -1.89. The number of rotatable bonds is 0. The summed E-state index contributed by atoms with van der Waals surface area (Å²) in [7, 11) is 0. The summed E-state index contributed by atoms with van der Waals surface area (Å²) < 4.78 is 0. The number of anilines is 1. The van der Waals surface area contributed by atoms with Crippen molar-refractivity contribution in [1.29, 1.82) is 0 Å². The number of hydrogen-bond donors (Lipinski definition) is 3. The normalized spacial score (nSPS) is 13.4. The van der Waals surface area contributed by atoms with E-state index in [1.807, 2.05) is 0 Å². The lowest BCUT2D eigenvalue weighted by atomic mass is 10.4. The lowest BCUT2D eigenvalue weighted by Crippen LogP contribution is -2.09. The van der Waals surface area contributed by atoms with Crippen LogP contribution in [-0.4, -0.2) is 38.6 Å². The van der Waals surface area contributed by atoms with E-state index in [0.717, 1.165) is 0 Å². The van der Waals surface area contributed by atoms with Gasteiger partial charge in [0.2, 0.25) is 5.95 Å². The Morgan fingerprint density at radius 1 is 1.33 bits per heavy atom. The van der Waals surface area contributed by atoms with Gasteiger partial charge in [-0.05, 0) is 0 Å². The van der Waals surface area contributed by atoms with Gasteiger partial charge in [0.15, 0.2) is 5.65 Å². The monoisotopic (exact) mass is 247 g/mol. The molecule has 0 aromatic carbocycles. The first-order chi connectivity index (χ1) is 8.66. The summed E-state index contributed by atoms with van der Waals surface area (Å²) in [6, 6.07) is 0. The molecule has 1 aliphatic heterocycles. The number of hydrogen-bond acceptors (Lipinski definition) is 6. The second kappa shape index (κ2) is 4.99. The average Bonchev–Trinajstić information content (AvgIpc) is 2.79. The molecule has 2 aromatic rings. The van der Waals surface area contributed by atoms with Gasteiger partial charge in [-0.2, -0.15) is 10.1 Å². The summed E-state index contributed by atoms with van der Waals surface area (Å²) in [5.41, 5.74) is 5.40. The third-order valence-electron chi connectivity index (χ3n) is 1.98. The lowest BCUT2D eigenvalue weighted by molar-refractivity contribution is -0.116. The number of aliphatic imine (C=N–C) groups is 2. The van der Waals surface area contributed by atoms with E-state index in [4.69, 9.17) is 5.73 Å². The van der Waals surface area contributed by atoms with Gasteiger partial charge in [0.05, 0.1) is 12.6 Å². The van der Waals surface area contributed by atoms with Crippen molar-refractivity contribution in [3.8, 4) is 0 Å². The average molecular weight is 247 g/mol. The molecular weight excluding hydrogens is 238 g/mol. The zero-order chi connectivity index (χ0) is 13.0. The predicted molar refractivity (Wildman–Crippen MR) is 65.5 cm³/mol. The van der Waals surface area contributed by atoms with Crippen molar-refractivity contribution in [2.45, 2.75) is 6.42 Å². The van der Waals surface area contributed by atoms with E-state index < -0.39 is 0 Å². The van der Waals surface area contributed by atoms with Gasteiger partial charge in [-0.15, -0.1) is 0 Å². The number of nitrogens with zero attached hydrogens (tertiary/aromatic N) is 4. The van der Waals surface area contributed by atoms with Gasteiger partial charge in [0.1, 0.15) is 11.7 Å². The van der Waals surface area contributed by atoms with Crippen LogP contribution in [0, 0.1) is 0 Å². The number of H-pyrrole nitrogens is 2. The summed E-state index contributed by atoms with van der Waals surface area (Å²) in [6.45, 7) is 0. The summed E-state index contributed by atoms with van der Waals surface area (Å²) in [4.78, 5) is 34.3. The maximum atomic E-state index is 11.0. The number of fused-ring (bicyclic) bond motifs is 1. The third kappa shape index (κ3) is 2.64. The van der Waals surface area contributed by atoms with E-state index in [9.17, 15) is 9.59 Å². The van der Waals surface area contributed by atoms with Crippen molar-refractivity contribution >= 4 is 35.4 Å². The number of nitrogen functional groups attached to an aromatic ring is 1. The Hall–Kier alpha value is -2.84. The van der Waals surface area contributed by atoms with Gasteiger partial charge in [-0.25, -0.2) is 9.98 Å². The predicted octanol–water partition coefficient (Wildman–Crippen LogP) is -0.756. The Kier molecular flexibility index (Phi) is 3.23. The summed E-state index contributed by atoms with van der Waals surface area (Å²) in [5, 5.41) is 6.60. The van der Waals surface area contributed by atoms with Crippen molar-refractivity contribution in [3.63, 3.8) is 0 Å². The molecule has 18 heavy (non-hydrogen) atoms. The van der Waals surface area contributed by atoms with E-state index in [2.05, 4.69) is 30.2 Å². The topological polar surface area (TPSA) is 142 Å². The zero-order valence-electron chi connectivity index (χ0n) is 9.12. The van der Waals surface area contributed by atoms with Crippen molar-refractivity contribution in [1.82, 2.24) is 20.2 Å². The Labute approximate surface area is 99.9 Å². The standard InChI is InChI=1S/C5H5N5O.C4H4N2O/c6-5-8-3-2(1-7-10-3)4(11)9-5;7-4-1-2-5-3-6-4/h1H,(H4,6,7,8,9,10,11);2-3H,1H2. The molecule has 9 nitrogen and oxygen atoms in total. The minimum absolute atomic E-state index is 0.0896. The highest BCUT2D eigenvalue weighted by Gasteiger charge is 2.01. The highest BCUT2D eigenvalue weighted by Crippen LogP contribution is 2.00. The van der Waals surface area contributed by atoms with E-state index in [1.54, 1.807) is 0 Å². The van der Waals surface area contributed by atoms with Crippen LogP contribution >= 0.6 is 0 Å². The second-order valence-corrected chi connectivity index (χ2v) is 3.26. The Balaban J connectivity index is 0.000000149.